The van der Waals surface area contributed by atoms with Crippen LogP contribution in [-0.2, 0) is 16.6 Å². The van der Waals surface area contributed by atoms with Gasteiger partial charge in [-0.15, -0.1) is 0 Å². The normalized spacial score (nSPS) is 17.9. The number of sulfonamides is 1. The van der Waals surface area contributed by atoms with Crippen molar-refractivity contribution in [2.24, 2.45) is 5.14 Å². The lowest BCUT2D eigenvalue weighted by molar-refractivity contribution is 0.219. The van der Waals surface area contributed by atoms with Crippen molar-refractivity contribution in [1.82, 2.24) is 4.90 Å². The molecule has 100 valence electrons. The largest absolute Gasteiger partial charge is 0.299 e. The number of benzene rings is 1. The van der Waals surface area contributed by atoms with Crippen molar-refractivity contribution in [3.63, 3.8) is 0 Å². The van der Waals surface area contributed by atoms with Gasteiger partial charge < -0.3 is 0 Å². The molecule has 0 amide bonds. The predicted molar refractivity (Wildman–Crippen MR) is 71.7 cm³/mol. The fraction of sp³-hybridized carbons (Fsp3) is 0.538. The van der Waals surface area contributed by atoms with Crippen LogP contribution in [0, 0.1) is 6.92 Å². The standard InChI is InChI=1S/C13H20N2O2S/c1-11-5-6-12(13(9-11)18(14,16)17)10-15-7-3-2-4-8-15/h5-6,9H,2-4,7-8,10H2,1H3,(H2,14,16,17). The van der Waals surface area contributed by atoms with Crippen LogP contribution in [0.2, 0.25) is 0 Å². The van der Waals surface area contributed by atoms with Crippen LogP contribution in [0.5, 0.6) is 0 Å². The molecule has 0 radical (unpaired) electrons. The number of likely N-dealkylation sites (tertiary alicyclic amines) is 1. The van der Waals surface area contributed by atoms with Crippen molar-refractivity contribution in [1.29, 1.82) is 0 Å². The van der Waals surface area contributed by atoms with E-state index < -0.39 is 10.0 Å². The quantitative estimate of drug-likeness (QED) is 0.906. The lowest BCUT2D eigenvalue weighted by Gasteiger charge is -2.27. The second kappa shape index (κ2) is 5.38. The first-order valence-corrected chi connectivity index (χ1v) is 7.86. The van der Waals surface area contributed by atoms with Crippen molar-refractivity contribution in [3.05, 3.63) is 29.3 Å². The molecule has 1 fully saturated rings. The van der Waals surface area contributed by atoms with Crippen molar-refractivity contribution >= 4 is 10.0 Å². The van der Waals surface area contributed by atoms with Crippen molar-refractivity contribution in [2.75, 3.05) is 13.1 Å². The van der Waals surface area contributed by atoms with E-state index in [1.165, 1.54) is 19.3 Å². The lowest BCUT2D eigenvalue weighted by atomic mass is 10.1. The molecule has 1 saturated heterocycles. The van der Waals surface area contributed by atoms with Crippen molar-refractivity contribution in [2.45, 2.75) is 37.6 Å². The lowest BCUT2D eigenvalue weighted by Crippen LogP contribution is -2.30. The van der Waals surface area contributed by atoms with Crippen LogP contribution in [0.25, 0.3) is 0 Å². The van der Waals surface area contributed by atoms with Crippen LogP contribution < -0.4 is 5.14 Å². The Morgan fingerprint density at radius 2 is 1.89 bits per heavy atom. The molecule has 2 rings (SSSR count). The topological polar surface area (TPSA) is 63.4 Å². The fourth-order valence-electron chi connectivity index (χ4n) is 2.42. The van der Waals surface area contributed by atoms with Crippen molar-refractivity contribution in [3.8, 4) is 0 Å². The molecule has 1 aliphatic heterocycles. The van der Waals surface area contributed by atoms with Gasteiger partial charge in [-0.2, -0.15) is 0 Å². The maximum absolute atomic E-state index is 11.6. The van der Waals surface area contributed by atoms with Crippen LogP contribution in [0.1, 0.15) is 30.4 Å². The number of hydrogen-bond donors (Lipinski definition) is 1. The first kappa shape index (κ1) is 13.5. The summed E-state index contributed by atoms with van der Waals surface area (Å²) in [6, 6.07) is 5.48. The number of rotatable bonds is 3. The Labute approximate surface area is 109 Å². The minimum atomic E-state index is -3.63. The first-order valence-electron chi connectivity index (χ1n) is 6.31. The summed E-state index contributed by atoms with van der Waals surface area (Å²) in [5, 5.41) is 5.29. The van der Waals surface area contributed by atoms with Gasteiger partial charge in [-0.25, -0.2) is 13.6 Å². The van der Waals surface area contributed by atoms with Crippen LogP contribution >= 0.6 is 0 Å². The Hall–Kier alpha value is -0.910. The summed E-state index contributed by atoms with van der Waals surface area (Å²) >= 11 is 0. The Kier molecular flexibility index (Phi) is 4.04. The zero-order chi connectivity index (χ0) is 13.2. The zero-order valence-corrected chi connectivity index (χ0v) is 11.5. The van der Waals surface area contributed by atoms with E-state index in [-0.39, 0.29) is 4.90 Å². The summed E-state index contributed by atoms with van der Waals surface area (Å²) in [6.07, 6.45) is 3.65. The fourth-order valence-corrected chi connectivity index (χ4v) is 3.26. The van der Waals surface area contributed by atoms with Crippen LogP contribution in [0.4, 0.5) is 0 Å². The van der Waals surface area contributed by atoms with Crippen LogP contribution in [-0.4, -0.2) is 26.4 Å². The Bertz CT molecular complexity index is 520. The summed E-state index contributed by atoms with van der Waals surface area (Å²) in [5.41, 5.74) is 1.73. The smallest absolute Gasteiger partial charge is 0.238 e. The molecule has 0 saturated carbocycles. The van der Waals surface area contributed by atoms with Gasteiger partial charge in [-0.1, -0.05) is 18.6 Å². The molecular formula is C13H20N2O2S. The summed E-state index contributed by atoms with van der Waals surface area (Å²) in [7, 11) is -3.63. The number of aryl methyl sites for hydroxylation is 1. The van der Waals surface area contributed by atoms with Gasteiger partial charge in [-0.05, 0) is 50.0 Å². The van der Waals surface area contributed by atoms with E-state index in [4.69, 9.17) is 5.14 Å². The minimum absolute atomic E-state index is 0.271. The number of primary sulfonamides is 1. The Morgan fingerprint density at radius 1 is 1.22 bits per heavy atom. The van der Waals surface area contributed by atoms with Gasteiger partial charge in [0, 0.05) is 6.54 Å². The second-order valence-electron chi connectivity index (χ2n) is 4.99. The SMILES string of the molecule is Cc1ccc(CN2CCCCC2)c(S(N)(=O)=O)c1. The van der Waals surface area contributed by atoms with Crippen LogP contribution in [0.15, 0.2) is 23.1 Å². The number of nitrogens with two attached hydrogens (primary N) is 1. The maximum Gasteiger partial charge on any atom is 0.238 e. The van der Waals surface area contributed by atoms with E-state index in [1.807, 2.05) is 19.1 Å². The van der Waals surface area contributed by atoms with Gasteiger partial charge in [-0.3, -0.25) is 4.90 Å². The van der Waals surface area contributed by atoms with E-state index in [0.29, 0.717) is 6.54 Å². The summed E-state index contributed by atoms with van der Waals surface area (Å²) in [4.78, 5) is 2.57. The van der Waals surface area contributed by atoms with Gasteiger partial charge >= 0.3 is 0 Å². The molecule has 0 aromatic heterocycles. The summed E-state index contributed by atoms with van der Waals surface area (Å²) in [6.45, 7) is 4.63. The van der Waals surface area contributed by atoms with E-state index >= 15 is 0 Å². The van der Waals surface area contributed by atoms with E-state index in [0.717, 1.165) is 24.2 Å². The highest BCUT2D eigenvalue weighted by Crippen LogP contribution is 2.20. The highest BCUT2D eigenvalue weighted by atomic mass is 32.2. The van der Waals surface area contributed by atoms with Gasteiger partial charge in [0.25, 0.3) is 0 Å². The number of nitrogens with zero attached hydrogens (tertiary/aromatic N) is 1. The van der Waals surface area contributed by atoms with Crippen molar-refractivity contribution < 1.29 is 8.42 Å². The third-order valence-electron chi connectivity index (χ3n) is 3.37. The van der Waals surface area contributed by atoms with Crippen LogP contribution in [0.3, 0.4) is 0 Å². The molecule has 0 bridgehead atoms. The molecule has 1 heterocycles. The molecule has 0 atom stereocenters. The highest BCUT2D eigenvalue weighted by molar-refractivity contribution is 7.89. The van der Waals surface area contributed by atoms with Gasteiger partial charge in [0.05, 0.1) is 4.90 Å². The Balaban J connectivity index is 2.26. The van der Waals surface area contributed by atoms with Gasteiger partial charge in [0.1, 0.15) is 0 Å². The molecule has 2 N–H and O–H groups in total. The first-order chi connectivity index (χ1) is 8.47. The Morgan fingerprint density at radius 3 is 2.50 bits per heavy atom. The molecule has 5 heteroatoms. The number of hydrogen-bond acceptors (Lipinski definition) is 3. The van der Waals surface area contributed by atoms with Gasteiger partial charge in [0.15, 0.2) is 0 Å². The monoisotopic (exact) mass is 268 g/mol. The molecule has 4 nitrogen and oxygen atoms in total. The van der Waals surface area contributed by atoms with E-state index in [9.17, 15) is 8.42 Å². The van der Waals surface area contributed by atoms with Gasteiger partial charge in [0.2, 0.25) is 10.0 Å². The highest BCUT2D eigenvalue weighted by Gasteiger charge is 2.17. The molecular weight excluding hydrogens is 248 g/mol. The number of piperidine rings is 1. The maximum atomic E-state index is 11.6. The molecule has 18 heavy (non-hydrogen) atoms. The molecule has 1 aliphatic rings. The molecule has 1 aromatic rings. The zero-order valence-electron chi connectivity index (χ0n) is 10.7. The molecule has 0 unspecified atom stereocenters. The van der Waals surface area contributed by atoms with E-state index in [1.54, 1.807) is 6.07 Å². The molecule has 0 spiro atoms. The molecule has 0 aliphatic carbocycles. The summed E-state index contributed by atoms with van der Waals surface area (Å²) < 4.78 is 23.2. The third-order valence-corrected chi connectivity index (χ3v) is 4.36. The minimum Gasteiger partial charge on any atom is -0.299 e. The summed E-state index contributed by atoms with van der Waals surface area (Å²) in [5.74, 6) is 0. The predicted octanol–water partition coefficient (Wildman–Crippen LogP) is 1.63. The average molecular weight is 268 g/mol. The third kappa shape index (κ3) is 3.31. The average Bonchev–Trinajstić information content (AvgIpc) is 2.31. The van der Waals surface area contributed by atoms with E-state index in [2.05, 4.69) is 4.90 Å². The molecule has 1 aromatic carbocycles. The second-order valence-corrected chi connectivity index (χ2v) is 6.52.